The number of carbonyl (C=O) groups excluding carboxylic acids is 2. The van der Waals surface area contributed by atoms with Gasteiger partial charge in [-0.1, -0.05) is 18.2 Å². The van der Waals surface area contributed by atoms with Gasteiger partial charge in [-0.3, -0.25) is 19.9 Å². The summed E-state index contributed by atoms with van der Waals surface area (Å²) in [7, 11) is 2.00. The first-order valence-electron chi connectivity index (χ1n) is 13.1. The number of nitrogens with two attached hydrogens (primary N) is 1. The molecule has 0 saturated carbocycles. The summed E-state index contributed by atoms with van der Waals surface area (Å²) in [5, 5.41) is 7.61. The van der Waals surface area contributed by atoms with Crippen LogP contribution in [0.2, 0.25) is 0 Å². The molecule has 0 fully saturated rings. The zero-order chi connectivity index (χ0) is 27.5. The van der Waals surface area contributed by atoms with Gasteiger partial charge in [-0.2, -0.15) is 0 Å². The van der Waals surface area contributed by atoms with E-state index in [-0.39, 0.29) is 24.9 Å². The van der Waals surface area contributed by atoms with Crippen LogP contribution in [0.3, 0.4) is 0 Å². The number of aromatic nitrogens is 2. The molecule has 1 aliphatic heterocycles. The molecule has 0 spiro atoms. The summed E-state index contributed by atoms with van der Waals surface area (Å²) in [6.45, 7) is 3.27. The van der Waals surface area contributed by atoms with Gasteiger partial charge < -0.3 is 19.9 Å². The molecule has 1 aliphatic rings. The molecule has 0 aliphatic carbocycles. The van der Waals surface area contributed by atoms with Crippen molar-refractivity contribution in [2.24, 2.45) is 5.73 Å². The summed E-state index contributed by atoms with van der Waals surface area (Å²) in [5.74, 6) is 0.235. The highest BCUT2D eigenvalue weighted by Crippen LogP contribution is 2.30. The van der Waals surface area contributed by atoms with E-state index in [0.29, 0.717) is 23.4 Å². The van der Waals surface area contributed by atoms with Gasteiger partial charge in [0, 0.05) is 36.1 Å². The molecule has 0 radical (unpaired) electrons. The van der Waals surface area contributed by atoms with E-state index in [2.05, 4.69) is 9.47 Å². The van der Waals surface area contributed by atoms with Crippen LogP contribution in [0.5, 0.6) is 0 Å². The Morgan fingerprint density at radius 3 is 2.49 bits per heavy atom. The second-order valence-electron chi connectivity index (χ2n) is 9.63. The van der Waals surface area contributed by atoms with Gasteiger partial charge in [-0.25, -0.2) is 4.98 Å². The van der Waals surface area contributed by atoms with Crippen LogP contribution in [0.15, 0.2) is 66.7 Å². The first-order chi connectivity index (χ1) is 18.9. The zero-order valence-corrected chi connectivity index (χ0v) is 22.2. The van der Waals surface area contributed by atoms with Crippen molar-refractivity contribution in [3.05, 3.63) is 89.2 Å². The largest absolute Gasteiger partial charge is 0.465 e. The lowest BCUT2D eigenvalue weighted by molar-refractivity contribution is -0.141. The van der Waals surface area contributed by atoms with Crippen LogP contribution in [0.1, 0.15) is 40.7 Å². The number of nitrogens with zero attached hydrogens (tertiary/aromatic N) is 4. The molecular weight excluding hydrogens is 492 g/mol. The fourth-order valence-electron chi connectivity index (χ4n) is 5.09. The molecule has 1 aromatic heterocycles. The predicted molar refractivity (Wildman–Crippen MR) is 152 cm³/mol. The Bertz CT molecular complexity index is 1530. The molecule has 0 unspecified atom stereocenters. The van der Waals surface area contributed by atoms with Crippen molar-refractivity contribution in [2.75, 3.05) is 30.0 Å². The number of esters is 1. The van der Waals surface area contributed by atoms with E-state index in [0.717, 1.165) is 47.5 Å². The Hall–Kier alpha value is -4.66. The van der Waals surface area contributed by atoms with Gasteiger partial charge in [0.1, 0.15) is 18.2 Å². The van der Waals surface area contributed by atoms with Crippen molar-refractivity contribution < 1.29 is 14.3 Å². The number of imidazole rings is 1. The van der Waals surface area contributed by atoms with E-state index in [4.69, 9.17) is 20.9 Å². The molecule has 3 N–H and O–H groups in total. The van der Waals surface area contributed by atoms with Gasteiger partial charge in [-0.05, 0) is 73.9 Å². The number of anilines is 2. The van der Waals surface area contributed by atoms with Crippen LogP contribution >= 0.6 is 0 Å². The molecule has 39 heavy (non-hydrogen) atoms. The van der Waals surface area contributed by atoms with Gasteiger partial charge in [0.25, 0.3) is 5.91 Å². The van der Waals surface area contributed by atoms with Gasteiger partial charge in [0.05, 0.1) is 24.2 Å². The average molecular weight is 525 g/mol. The standard InChI is InChI=1S/C30H32N6O3/c1-3-39-27(37)19-36(24-9-5-4-6-10-24)30(38)22-16-21-8-7-15-35-26(33-25(17-22)28(21)35)18-34(2)23-13-11-20(12-14-23)29(31)32/h4-6,9-14,16-17H,3,7-8,15,18-19H2,1-2H3,(H3,31,32). The van der Waals surface area contributed by atoms with E-state index in [1.165, 1.54) is 4.90 Å². The highest BCUT2D eigenvalue weighted by atomic mass is 16.5. The predicted octanol–water partition coefficient (Wildman–Crippen LogP) is 4.11. The van der Waals surface area contributed by atoms with E-state index < -0.39 is 5.97 Å². The molecule has 5 rings (SSSR count). The van der Waals surface area contributed by atoms with E-state index >= 15 is 0 Å². The van der Waals surface area contributed by atoms with E-state index in [1.807, 2.05) is 73.8 Å². The number of hydrogen-bond donors (Lipinski definition) is 2. The number of para-hydroxylation sites is 1. The Balaban J connectivity index is 1.47. The average Bonchev–Trinajstić information content (AvgIpc) is 3.30. The van der Waals surface area contributed by atoms with Crippen LogP contribution in [0.4, 0.5) is 11.4 Å². The van der Waals surface area contributed by atoms with Crippen LogP contribution < -0.4 is 15.5 Å². The lowest BCUT2D eigenvalue weighted by atomic mass is 10.0. The Kier molecular flexibility index (Phi) is 7.31. The monoisotopic (exact) mass is 524 g/mol. The van der Waals surface area contributed by atoms with Crippen molar-refractivity contribution in [3.63, 3.8) is 0 Å². The molecule has 9 nitrogen and oxygen atoms in total. The SMILES string of the molecule is CCOC(=O)CN(C(=O)c1cc2c3c(c1)nc(CN(C)c1ccc(C(=N)N)cc1)n3CCC2)c1ccccc1. The summed E-state index contributed by atoms with van der Waals surface area (Å²) in [4.78, 5) is 34.7. The van der Waals surface area contributed by atoms with Crippen LogP contribution in [0, 0.1) is 5.41 Å². The van der Waals surface area contributed by atoms with Gasteiger partial charge >= 0.3 is 5.97 Å². The van der Waals surface area contributed by atoms with Crippen LogP contribution in [-0.4, -0.2) is 47.5 Å². The van der Waals surface area contributed by atoms with Crippen molar-refractivity contribution in [2.45, 2.75) is 32.9 Å². The minimum Gasteiger partial charge on any atom is -0.465 e. The number of amidine groups is 1. The number of nitrogen functional groups attached to an aromatic ring is 1. The van der Waals surface area contributed by atoms with Crippen molar-refractivity contribution >= 4 is 40.1 Å². The highest BCUT2D eigenvalue weighted by Gasteiger charge is 2.25. The number of amides is 1. The van der Waals surface area contributed by atoms with E-state index in [1.54, 1.807) is 6.92 Å². The van der Waals surface area contributed by atoms with Crippen molar-refractivity contribution in [3.8, 4) is 0 Å². The molecule has 4 aromatic rings. The molecule has 0 atom stereocenters. The maximum Gasteiger partial charge on any atom is 0.326 e. The van der Waals surface area contributed by atoms with Gasteiger partial charge in [0.15, 0.2) is 0 Å². The summed E-state index contributed by atoms with van der Waals surface area (Å²) in [5.41, 5.74) is 11.3. The number of benzene rings is 3. The topological polar surface area (TPSA) is 118 Å². The third-order valence-electron chi connectivity index (χ3n) is 6.98. The molecule has 0 bridgehead atoms. The second-order valence-corrected chi connectivity index (χ2v) is 9.63. The van der Waals surface area contributed by atoms with Crippen LogP contribution in [0.25, 0.3) is 11.0 Å². The third-order valence-corrected chi connectivity index (χ3v) is 6.98. The number of rotatable bonds is 9. The molecule has 3 aromatic carbocycles. The fraction of sp³-hybridized carbons (Fsp3) is 0.267. The number of ether oxygens (including phenoxy) is 1. The highest BCUT2D eigenvalue weighted by molar-refractivity contribution is 6.10. The van der Waals surface area contributed by atoms with E-state index in [9.17, 15) is 9.59 Å². The van der Waals surface area contributed by atoms with Crippen molar-refractivity contribution in [1.29, 1.82) is 5.41 Å². The summed E-state index contributed by atoms with van der Waals surface area (Å²) in [6, 6.07) is 20.5. The molecule has 1 amide bonds. The van der Waals surface area contributed by atoms with Gasteiger partial charge in [0.2, 0.25) is 0 Å². The summed E-state index contributed by atoms with van der Waals surface area (Å²) < 4.78 is 7.39. The first kappa shape index (κ1) is 26.0. The Morgan fingerprint density at radius 1 is 1.05 bits per heavy atom. The number of nitrogens with one attached hydrogen (secondary N) is 1. The molecular formula is C30H32N6O3. The molecule has 9 heteroatoms. The third kappa shape index (κ3) is 5.34. The van der Waals surface area contributed by atoms with Gasteiger partial charge in [-0.15, -0.1) is 0 Å². The fourth-order valence-corrected chi connectivity index (χ4v) is 5.09. The second kappa shape index (κ2) is 11.0. The number of aryl methyl sites for hydroxylation is 2. The molecule has 2 heterocycles. The van der Waals surface area contributed by atoms with Crippen molar-refractivity contribution in [1.82, 2.24) is 9.55 Å². The molecule has 0 saturated heterocycles. The summed E-state index contributed by atoms with van der Waals surface area (Å²) >= 11 is 0. The first-order valence-corrected chi connectivity index (χ1v) is 13.1. The Morgan fingerprint density at radius 2 is 1.79 bits per heavy atom. The maximum atomic E-state index is 13.8. The quantitative estimate of drug-likeness (QED) is 0.193. The molecule has 200 valence electrons. The lowest BCUT2D eigenvalue weighted by Crippen LogP contribution is -2.36. The zero-order valence-electron chi connectivity index (χ0n) is 22.2. The normalized spacial score (nSPS) is 12.3. The lowest BCUT2D eigenvalue weighted by Gasteiger charge is -2.23. The summed E-state index contributed by atoms with van der Waals surface area (Å²) in [6.07, 6.45) is 1.81. The maximum absolute atomic E-state index is 13.8. The number of hydrogen-bond acceptors (Lipinski definition) is 6. The smallest absolute Gasteiger partial charge is 0.326 e. The van der Waals surface area contributed by atoms with Crippen LogP contribution in [-0.2, 0) is 29.0 Å². The minimum atomic E-state index is -0.456. The Labute approximate surface area is 227 Å². The minimum absolute atomic E-state index is 0.0408. The number of carbonyl (C=O) groups is 2.